The summed E-state index contributed by atoms with van der Waals surface area (Å²) in [5.74, 6) is 0.0306. The number of carboxylic acids is 1. The first-order chi connectivity index (χ1) is 17.1. The van der Waals surface area contributed by atoms with E-state index in [1.54, 1.807) is 6.20 Å². The van der Waals surface area contributed by atoms with E-state index in [0.29, 0.717) is 18.9 Å². The Labute approximate surface area is 205 Å². The Kier molecular flexibility index (Phi) is 7.32. The number of hydrogen-bond acceptors (Lipinski definition) is 6. The summed E-state index contributed by atoms with van der Waals surface area (Å²) in [6.07, 6.45) is 11.0. The van der Waals surface area contributed by atoms with Gasteiger partial charge in [-0.2, -0.15) is 5.10 Å². The molecule has 2 aromatic rings. The standard InChI is InChI=1S/C26H35N5O4/c32-25(21-5-1-3-18-15-28-31-23(18)21)30-22(26(33)34)10-12-35-20-13-16(14-20)6-8-19-9-7-17-4-2-11-27-24(17)29-19/h7,9,15-16,20-22H,1-6,8,10-14H2,(H,27,29)(H,28,31)(H,30,32)(H,33,34). The van der Waals surface area contributed by atoms with Crippen LogP contribution in [-0.4, -0.2) is 57.5 Å². The molecule has 1 saturated carbocycles. The SMILES string of the molecule is O=C(O)C(CCOC1CC(CCc2ccc3c(n2)NCCC3)C1)NC(=O)C1CCCc2cn[nH]c21. The second kappa shape index (κ2) is 10.8. The molecule has 1 fully saturated rings. The lowest BCUT2D eigenvalue weighted by atomic mass is 9.79. The fraction of sp³-hybridized carbons (Fsp3) is 0.615. The lowest BCUT2D eigenvalue weighted by Crippen LogP contribution is -2.44. The number of carbonyl (C=O) groups excluding carboxylic acids is 1. The van der Waals surface area contributed by atoms with Gasteiger partial charge < -0.3 is 20.5 Å². The number of rotatable bonds is 10. The first-order valence-corrected chi connectivity index (χ1v) is 13.0. The normalized spacial score (nSPS) is 23.8. The van der Waals surface area contributed by atoms with E-state index in [1.165, 1.54) is 12.0 Å². The van der Waals surface area contributed by atoms with Crippen LogP contribution in [0.15, 0.2) is 18.3 Å². The molecule has 0 aromatic carbocycles. The number of H-pyrrole nitrogens is 1. The molecule has 2 atom stereocenters. The average Bonchev–Trinajstić information content (AvgIpc) is 3.32. The number of aromatic nitrogens is 3. The summed E-state index contributed by atoms with van der Waals surface area (Å²) < 4.78 is 5.93. The molecule has 3 heterocycles. The highest BCUT2D eigenvalue weighted by atomic mass is 16.5. The maximum atomic E-state index is 12.8. The Morgan fingerprint density at radius 2 is 2.06 bits per heavy atom. The third-order valence-corrected chi connectivity index (χ3v) is 7.68. The van der Waals surface area contributed by atoms with Gasteiger partial charge in [-0.15, -0.1) is 0 Å². The minimum Gasteiger partial charge on any atom is -0.480 e. The number of aromatic amines is 1. The first kappa shape index (κ1) is 23.8. The van der Waals surface area contributed by atoms with Gasteiger partial charge >= 0.3 is 5.97 Å². The van der Waals surface area contributed by atoms with Crippen molar-refractivity contribution in [1.82, 2.24) is 20.5 Å². The Bertz CT molecular complexity index is 1050. The van der Waals surface area contributed by atoms with Crippen LogP contribution in [0.25, 0.3) is 0 Å². The van der Waals surface area contributed by atoms with Gasteiger partial charge in [-0.3, -0.25) is 9.89 Å². The predicted molar refractivity (Wildman–Crippen MR) is 130 cm³/mol. The highest BCUT2D eigenvalue weighted by Gasteiger charge is 2.32. The van der Waals surface area contributed by atoms with Gasteiger partial charge in [0.25, 0.3) is 0 Å². The van der Waals surface area contributed by atoms with Crippen LogP contribution in [0, 0.1) is 5.92 Å². The van der Waals surface area contributed by atoms with E-state index < -0.39 is 12.0 Å². The van der Waals surface area contributed by atoms with Crippen LogP contribution in [0.1, 0.15) is 73.4 Å². The van der Waals surface area contributed by atoms with Crippen molar-refractivity contribution in [2.45, 2.75) is 82.3 Å². The van der Waals surface area contributed by atoms with E-state index in [0.717, 1.165) is 74.3 Å². The van der Waals surface area contributed by atoms with E-state index in [4.69, 9.17) is 9.72 Å². The molecule has 5 rings (SSSR count). The molecule has 0 spiro atoms. The number of amides is 1. The predicted octanol–water partition coefficient (Wildman–Crippen LogP) is 2.97. The number of carboxylic acid groups (broad SMARTS) is 1. The zero-order valence-electron chi connectivity index (χ0n) is 20.1. The summed E-state index contributed by atoms with van der Waals surface area (Å²) in [5, 5.41) is 22.7. The Balaban J connectivity index is 1.01. The van der Waals surface area contributed by atoms with Gasteiger partial charge in [-0.25, -0.2) is 9.78 Å². The van der Waals surface area contributed by atoms with Crippen molar-refractivity contribution in [3.8, 4) is 0 Å². The van der Waals surface area contributed by atoms with Gasteiger partial charge in [0.2, 0.25) is 5.91 Å². The molecule has 1 amide bonds. The summed E-state index contributed by atoms with van der Waals surface area (Å²) in [6.45, 7) is 1.33. The van der Waals surface area contributed by atoms with Crippen LogP contribution in [-0.2, 0) is 33.6 Å². The molecule has 0 saturated heterocycles. The smallest absolute Gasteiger partial charge is 0.326 e. The van der Waals surface area contributed by atoms with Gasteiger partial charge in [0.1, 0.15) is 11.9 Å². The fourth-order valence-electron chi connectivity index (χ4n) is 5.51. The molecule has 9 heteroatoms. The molecule has 2 aromatic heterocycles. The number of fused-ring (bicyclic) bond motifs is 2. The van der Waals surface area contributed by atoms with Crippen molar-refractivity contribution >= 4 is 17.7 Å². The van der Waals surface area contributed by atoms with E-state index in [-0.39, 0.29) is 24.3 Å². The van der Waals surface area contributed by atoms with E-state index >= 15 is 0 Å². The summed E-state index contributed by atoms with van der Waals surface area (Å²) in [4.78, 5) is 29.3. The number of hydrogen-bond donors (Lipinski definition) is 4. The Morgan fingerprint density at radius 1 is 1.20 bits per heavy atom. The lowest BCUT2D eigenvalue weighted by Gasteiger charge is -2.35. The molecule has 2 aliphatic carbocycles. The molecule has 1 aliphatic heterocycles. The summed E-state index contributed by atoms with van der Waals surface area (Å²) in [6, 6.07) is 3.41. The molecule has 0 radical (unpaired) electrons. The molecule has 35 heavy (non-hydrogen) atoms. The quantitative estimate of drug-likeness (QED) is 0.411. The molecule has 9 nitrogen and oxygen atoms in total. The number of carbonyl (C=O) groups is 2. The second-order valence-electron chi connectivity index (χ2n) is 10.2. The zero-order valence-corrected chi connectivity index (χ0v) is 20.1. The van der Waals surface area contributed by atoms with Gasteiger partial charge in [-0.1, -0.05) is 6.07 Å². The largest absolute Gasteiger partial charge is 0.480 e. The lowest BCUT2D eigenvalue weighted by molar-refractivity contribution is -0.143. The third-order valence-electron chi connectivity index (χ3n) is 7.68. The van der Waals surface area contributed by atoms with Crippen molar-refractivity contribution in [3.05, 3.63) is 40.8 Å². The van der Waals surface area contributed by atoms with Crippen LogP contribution in [0.5, 0.6) is 0 Å². The summed E-state index contributed by atoms with van der Waals surface area (Å²) in [7, 11) is 0. The number of aryl methyl sites for hydroxylation is 3. The van der Waals surface area contributed by atoms with Crippen molar-refractivity contribution in [3.63, 3.8) is 0 Å². The van der Waals surface area contributed by atoms with Gasteiger partial charge in [0.05, 0.1) is 23.9 Å². The Morgan fingerprint density at radius 3 is 2.91 bits per heavy atom. The average molecular weight is 482 g/mol. The third kappa shape index (κ3) is 5.66. The van der Waals surface area contributed by atoms with Crippen molar-refractivity contribution < 1.29 is 19.4 Å². The first-order valence-electron chi connectivity index (χ1n) is 13.0. The second-order valence-corrected chi connectivity index (χ2v) is 10.2. The maximum absolute atomic E-state index is 12.8. The van der Waals surface area contributed by atoms with Gasteiger partial charge in [-0.05, 0) is 80.9 Å². The number of nitrogens with one attached hydrogen (secondary N) is 3. The monoisotopic (exact) mass is 481 g/mol. The van der Waals surface area contributed by atoms with Crippen LogP contribution in [0.4, 0.5) is 5.82 Å². The highest BCUT2D eigenvalue weighted by Crippen LogP contribution is 2.34. The van der Waals surface area contributed by atoms with Crippen LogP contribution in [0.3, 0.4) is 0 Å². The van der Waals surface area contributed by atoms with E-state index in [1.807, 2.05) is 0 Å². The molecular weight excluding hydrogens is 446 g/mol. The number of nitrogens with zero attached hydrogens (tertiary/aromatic N) is 2. The molecule has 4 N–H and O–H groups in total. The minimum atomic E-state index is -1.03. The van der Waals surface area contributed by atoms with Gasteiger partial charge in [0.15, 0.2) is 0 Å². The molecule has 0 bridgehead atoms. The van der Waals surface area contributed by atoms with Gasteiger partial charge in [0, 0.05) is 25.3 Å². The van der Waals surface area contributed by atoms with E-state index in [2.05, 4.69) is 33.0 Å². The van der Waals surface area contributed by atoms with Crippen LogP contribution < -0.4 is 10.6 Å². The highest BCUT2D eigenvalue weighted by molar-refractivity contribution is 5.88. The van der Waals surface area contributed by atoms with Crippen LogP contribution >= 0.6 is 0 Å². The summed E-state index contributed by atoms with van der Waals surface area (Å²) in [5.41, 5.74) is 4.32. The number of aliphatic carboxylic acids is 1. The van der Waals surface area contributed by atoms with E-state index in [9.17, 15) is 14.7 Å². The number of anilines is 1. The topological polar surface area (TPSA) is 129 Å². The number of ether oxygens (including phenoxy) is 1. The molecular formula is C26H35N5O4. The molecule has 3 aliphatic rings. The Hall–Kier alpha value is -2.94. The van der Waals surface area contributed by atoms with Crippen LogP contribution in [0.2, 0.25) is 0 Å². The van der Waals surface area contributed by atoms with Crippen molar-refractivity contribution in [2.75, 3.05) is 18.5 Å². The zero-order chi connectivity index (χ0) is 24.2. The van der Waals surface area contributed by atoms with Crippen molar-refractivity contribution in [1.29, 1.82) is 0 Å². The molecule has 188 valence electrons. The number of pyridine rings is 1. The fourth-order valence-corrected chi connectivity index (χ4v) is 5.51. The summed E-state index contributed by atoms with van der Waals surface area (Å²) >= 11 is 0. The molecule has 2 unspecified atom stereocenters. The van der Waals surface area contributed by atoms with Crippen molar-refractivity contribution in [2.24, 2.45) is 5.92 Å². The minimum absolute atomic E-state index is 0.175. The maximum Gasteiger partial charge on any atom is 0.326 e.